The highest BCUT2D eigenvalue weighted by Gasteiger charge is 2.22. The molecule has 1 aromatic carbocycles. The Balaban J connectivity index is 2.35. The van der Waals surface area contributed by atoms with Crippen molar-refractivity contribution >= 4 is 33.9 Å². The van der Waals surface area contributed by atoms with Gasteiger partial charge in [0.05, 0.1) is 22.7 Å². The number of anilines is 1. The number of ether oxygens (including phenoxy) is 1. The van der Waals surface area contributed by atoms with Gasteiger partial charge in [0, 0.05) is 17.0 Å². The summed E-state index contributed by atoms with van der Waals surface area (Å²) >= 11 is 1.20. The van der Waals surface area contributed by atoms with Crippen LogP contribution in [0.25, 0.3) is 0 Å². The molecule has 2 rings (SSSR count). The van der Waals surface area contributed by atoms with Crippen molar-refractivity contribution in [2.45, 2.75) is 20.3 Å². The van der Waals surface area contributed by atoms with Crippen molar-refractivity contribution in [3.8, 4) is 5.75 Å². The summed E-state index contributed by atoms with van der Waals surface area (Å²) in [7, 11) is 0. The first-order chi connectivity index (χ1) is 11.9. The maximum atomic E-state index is 12.4. The van der Waals surface area contributed by atoms with Gasteiger partial charge in [0.1, 0.15) is 10.8 Å². The molecular formula is C16H16N2O6S. The maximum Gasteiger partial charge on any atom is 0.341 e. The summed E-state index contributed by atoms with van der Waals surface area (Å²) in [6.07, 6.45) is 0.662. The number of carbonyl (C=O) groups is 2. The van der Waals surface area contributed by atoms with E-state index < -0.39 is 22.5 Å². The number of phenols is 1. The average molecular weight is 364 g/mol. The van der Waals surface area contributed by atoms with Gasteiger partial charge >= 0.3 is 5.97 Å². The molecule has 1 aromatic heterocycles. The number of benzene rings is 1. The number of hydrogen-bond acceptors (Lipinski definition) is 7. The number of esters is 1. The zero-order valence-electron chi connectivity index (χ0n) is 13.6. The van der Waals surface area contributed by atoms with Crippen LogP contribution in [0.15, 0.2) is 24.3 Å². The quantitative estimate of drug-likeness (QED) is 0.461. The first-order valence-corrected chi connectivity index (χ1v) is 8.27. The number of phenolic OH excluding ortho intramolecular Hbond substituents is 1. The van der Waals surface area contributed by atoms with Gasteiger partial charge in [-0.2, -0.15) is 0 Å². The lowest BCUT2D eigenvalue weighted by Gasteiger charge is -2.07. The van der Waals surface area contributed by atoms with E-state index in [0.717, 1.165) is 23.1 Å². The molecule has 132 valence electrons. The van der Waals surface area contributed by atoms with Crippen molar-refractivity contribution in [3.05, 3.63) is 50.4 Å². The summed E-state index contributed by atoms with van der Waals surface area (Å²) in [4.78, 5) is 35.5. The second-order valence-corrected chi connectivity index (χ2v) is 6.08. The van der Waals surface area contributed by atoms with Gasteiger partial charge in [-0.05, 0) is 25.5 Å². The van der Waals surface area contributed by atoms with Crippen molar-refractivity contribution in [3.63, 3.8) is 0 Å². The molecule has 0 saturated heterocycles. The Labute approximate surface area is 147 Å². The number of aryl methyl sites for hydroxylation is 1. The van der Waals surface area contributed by atoms with Gasteiger partial charge in [-0.15, -0.1) is 11.3 Å². The molecular weight excluding hydrogens is 348 g/mol. The number of thiophene rings is 1. The molecule has 9 heteroatoms. The van der Waals surface area contributed by atoms with Gasteiger partial charge < -0.3 is 15.2 Å². The third-order valence-corrected chi connectivity index (χ3v) is 4.48. The Hall–Kier alpha value is -2.94. The minimum atomic E-state index is -0.753. The van der Waals surface area contributed by atoms with Crippen molar-refractivity contribution in [2.75, 3.05) is 11.9 Å². The molecule has 0 atom stereocenters. The van der Waals surface area contributed by atoms with E-state index in [1.54, 1.807) is 13.0 Å². The molecule has 0 saturated carbocycles. The fourth-order valence-electron chi connectivity index (χ4n) is 2.06. The van der Waals surface area contributed by atoms with Crippen LogP contribution in [0.5, 0.6) is 5.75 Å². The third kappa shape index (κ3) is 4.13. The summed E-state index contributed by atoms with van der Waals surface area (Å²) in [5, 5.41) is 23.4. The summed E-state index contributed by atoms with van der Waals surface area (Å²) < 4.78 is 4.97. The number of nitro groups is 1. The summed E-state index contributed by atoms with van der Waals surface area (Å²) in [5.74, 6) is -1.72. The molecule has 25 heavy (non-hydrogen) atoms. The predicted molar refractivity (Wildman–Crippen MR) is 92.4 cm³/mol. The van der Waals surface area contributed by atoms with Gasteiger partial charge in [-0.25, -0.2) is 4.79 Å². The SMILES string of the molecule is CCOC(=O)c1cc(CC)sc1NC(=O)c1cc([N+](=O)[O-])ccc1O. The van der Waals surface area contributed by atoms with E-state index in [1.165, 1.54) is 11.3 Å². The summed E-state index contributed by atoms with van der Waals surface area (Å²) in [6.45, 7) is 3.76. The van der Waals surface area contributed by atoms with E-state index in [4.69, 9.17) is 4.74 Å². The normalized spacial score (nSPS) is 10.3. The molecule has 0 radical (unpaired) electrons. The molecule has 0 fully saturated rings. The first kappa shape index (κ1) is 18.4. The van der Waals surface area contributed by atoms with E-state index in [0.29, 0.717) is 6.42 Å². The molecule has 0 aliphatic heterocycles. The van der Waals surface area contributed by atoms with Crippen LogP contribution in [0.2, 0.25) is 0 Å². The Morgan fingerprint density at radius 1 is 1.28 bits per heavy atom. The van der Waals surface area contributed by atoms with Gasteiger partial charge in [-0.1, -0.05) is 6.92 Å². The van der Waals surface area contributed by atoms with Crippen molar-refractivity contribution in [1.82, 2.24) is 0 Å². The Kier molecular flexibility index (Phi) is 5.71. The Morgan fingerprint density at radius 2 is 2.00 bits per heavy atom. The highest BCUT2D eigenvalue weighted by molar-refractivity contribution is 7.16. The van der Waals surface area contributed by atoms with Crippen LogP contribution in [-0.2, 0) is 11.2 Å². The number of aromatic hydroxyl groups is 1. The zero-order chi connectivity index (χ0) is 18.6. The number of non-ortho nitro benzene ring substituents is 1. The lowest BCUT2D eigenvalue weighted by molar-refractivity contribution is -0.384. The number of rotatable bonds is 6. The monoisotopic (exact) mass is 364 g/mol. The van der Waals surface area contributed by atoms with Crippen LogP contribution in [-0.4, -0.2) is 28.5 Å². The summed E-state index contributed by atoms with van der Waals surface area (Å²) in [5.41, 5.74) is -0.369. The van der Waals surface area contributed by atoms with Crippen LogP contribution in [0, 0.1) is 10.1 Å². The van der Waals surface area contributed by atoms with Crippen LogP contribution in [0.4, 0.5) is 10.7 Å². The van der Waals surface area contributed by atoms with E-state index in [-0.39, 0.29) is 28.4 Å². The van der Waals surface area contributed by atoms with Crippen LogP contribution in [0.1, 0.15) is 39.4 Å². The molecule has 2 aromatic rings. The number of nitrogens with zero attached hydrogens (tertiary/aromatic N) is 1. The fraction of sp³-hybridized carbons (Fsp3) is 0.250. The topological polar surface area (TPSA) is 119 Å². The molecule has 0 aliphatic rings. The van der Waals surface area contributed by atoms with Crippen molar-refractivity contribution < 1.29 is 24.4 Å². The lowest BCUT2D eigenvalue weighted by Crippen LogP contribution is -2.14. The van der Waals surface area contributed by atoms with Gasteiger partial charge in [0.2, 0.25) is 0 Å². The summed E-state index contributed by atoms with van der Waals surface area (Å²) in [6, 6.07) is 4.77. The largest absolute Gasteiger partial charge is 0.507 e. The Morgan fingerprint density at radius 3 is 2.60 bits per heavy atom. The second-order valence-electron chi connectivity index (χ2n) is 4.94. The van der Waals surface area contributed by atoms with Gasteiger partial charge in [-0.3, -0.25) is 14.9 Å². The lowest BCUT2D eigenvalue weighted by atomic mass is 10.1. The van der Waals surface area contributed by atoms with E-state index in [1.807, 2.05) is 6.92 Å². The molecule has 2 N–H and O–H groups in total. The minimum Gasteiger partial charge on any atom is -0.507 e. The second kappa shape index (κ2) is 7.75. The minimum absolute atomic E-state index is 0.190. The van der Waals surface area contributed by atoms with Crippen LogP contribution < -0.4 is 5.32 Å². The average Bonchev–Trinajstić information content (AvgIpc) is 2.98. The van der Waals surface area contributed by atoms with E-state index >= 15 is 0 Å². The fourth-order valence-corrected chi connectivity index (χ4v) is 3.04. The van der Waals surface area contributed by atoms with Crippen molar-refractivity contribution in [2.24, 2.45) is 0 Å². The van der Waals surface area contributed by atoms with Gasteiger partial charge in [0.15, 0.2) is 0 Å². The van der Waals surface area contributed by atoms with Crippen molar-refractivity contribution in [1.29, 1.82) is 0 Å². The predicted octanol–water partition coefficient (Wildman–Crippen LogP) is 3.35. The number of hydrogen-bond donors (Lipinski definition) is 2. The molecule has 0 bridgehead atoms. The number of nitrogens with one attached hydrogen (secondary N) is 1. The Bertz CT molecular complexity index is 830. The zero-order valence-corrected chi connectivity index (χ0v) is 14.4. The molecule has 0 spiro atoms. The number of nitro benzene ring substituents is 1. The molecule has 0 unspecified atom stereocenters. The van der Waals surface area contributed by atoms with Crippen LogP contribution in [0.3, 0.4) is 0 Å². The molecule has 1 heterocycles. The number of carbonyl (C=O) groups excluding carboxylic acids is 2. The maximum absolute atomic E-state index is 12.4. The highest BCUT2D eigenvalue weighted by atomic mass is 32.1. The third-order valence-electron chi connectivity index (χ3n) is 3.29. The smallest absolute Gasteiger partial charge is 0.341 e. The highest BCUT2D eigenvalue weighted by Crippen LogP contribution is 2.31. The number of amides is 1. The van der Waals surface area contributed by atoms with E-state index in [9.17, 15) is 24.8 Å². The first-order valence-electron chi connectivity index (χ1n) is 7.45. The molecule has 0 aliphatic carbocycles. The van der Waals surface area contributed by atoms with Gasteiger partial charge in [0.25, 0.3) is 11.6 Å². The van der Waals surface area contributed by atoms with E-state index in [2.05, 4.69) is 5.32 Å². The van der Waals surface area contributed by atoms with Crippen LogP contribution >= 0.6 is 11.3 Å². The molecule has 8 nitrogen and oxygen atoms in total. The molecule has 1 amide bonds. The standard InChI is InChI=1S/C16H16N2O6S/c1-3-10-8-12(16(21)24-4-2)15(25-10)17-14(20)11-7-9(18(22)23)5-6-13(11)19/h5-8,19H,3-4H2,1-2H3,(H,17,20).